The maximum Gasteiger partial charge on any atom is 0.225 e. The van der Waals surface area contributed by atoms with E-state index >= 15 is 0 Å². The van der Waals surface area contributed by atoms with Gasteiger partial charge in [0.2, 0.25) is 5.95 Å². The van der Waals surface area contributed by atoms with Gasteiger partial charge in [-0.1, -0.05) is 36.4 Å². The largest absolute Gasteiger partial charge is 0.348 e. The summed E-state index contributed by atoms with van der Waals surface area (Å²) >= 11 is 0. The number of aromatic amines is 1. The number of nitrogens with one attached hydrogen (secondary N) is 2. The second kappa shape index (κ2) is 6.21. The van der Waals surface area contributed by atoms with E-state index in [1.54, 1.807) is 6.33 Å². The highest BCUT2D eigenvalue weighted by atomic mass is 15.2. The molecule has 7 nitrogen and oxygen atoms in total. The van der Waals surface area contributed by atoms with Crippen molar-refractivity contribution in [2.24, 2.45) is 0 Å². The summed E-state index contributed by atoms with van der Waals surface area (Å²) in [7, 11) is 0. The van der Waals surface area contributed by atoms with Gasteiger partial charge in [0.1, 0.15) is 16.9 Å². The molecule has 4 heterocycles. The van der Waals surface area contributed by atoms with Gasteiger partial charge in [-0.05, 0) is 24.6 Å². The van der Waals surface area contributed by atoms with Crippen LogP contribution in [0, 0.1) is 0 Å². The molecule has 0 fully saturated rings. The number of aromatic nitrogens is 6. The first-order valence-corrected chi connectivity index (χ1v) is 8.74. The molecule has 5 aromatic rings. The Morgan fingerprint density at radius 2 is 1.85 bits per heavy atom. The van der Waals surface area contributed by atoms with E-state index in [1.165, 1.54) is 5.56 Å². The van der Waals surface area contributed by atoms with E-state index in [1.807, 2.05) is 53.2 Å². The van der Waals surface area contributed by atoms with E-state index in [4.69, 9.17) is 4.98 Å². The van der Waals surface area contributed by atoms with Crippen LogP contribution in [0.1, 0.15) is 18.5 Å². The molecule has 2 N–H and O–H groups in total. The first-order valence-electron chi connectivity index (χ1n) is 8.74. The monoisotopic (exact) mass is 355 g/mol. The van der Waals surface area contributed by atoms with Crippen molar-refractivity contribution in [2.75, 3.05) is 5.32 Å². The fourth-order valence-corrected chi connectivity index (χ4v) is 3.21. The first kappa shape index (κ1) is 15.5. The molecule has 0 aliphatic carbocycles. The van der Waals surface area contributed by atoms with Crippen LogP contribution in [-0.4, -0.2) is 29.3 Å². The Hall–Kier alpha value is -3.74. The van der Waals surface area contributed by atoms with Gasteiger partial charge in [-0.3, -0.25) is 4.40 Å². The van der Waals surface area contributed by atoms with Crippen LogP contribution in [-0.2, 0) is 0 Å². The third kappa shape index (κ3) is 2.69. The molecule has 7 heteroatoms. The van der Waals surface area contributed by atoms with Gasteiger partial charge in [0.15, 0.2) is 5.65 Å². The molecule has 0 bridgehead atoms. The van der Waals surface area contributed by atoms with Crippen LogP contribution in [0.5, 0.6) is 0 Å². The van der Waals surface area contributed by atoms with Crippen LogP contribution < -0.4 is 5.32 Å². The van der Waals surface area contributed by atoms with Gasteiger partial charge in [-0.25, -0.2) is 15.0 Å². The van der Waals surface area contributed by atoms with Crippen molar-refractivity contribution in [1.29, 1.82) is 0 Å². The van der Waals surface area contributed by atoms with Crippen molar-refractivity contribution in [2.45, 2.75) is 13.0 Å². The molecule has 132 valence electrons. The fourth-order valence-electron chi connectivity index (χ4n) is 3.21. The topological polar surface area (TPSA) is 83.8 Å². The van der Waals surface area contributed by atoms with Crippen molar-refractivity contribution in [3.05, 3.63) is 72.8 Å². The molecule has 0 radical (unpaired) electrons. The molecular formula is C20H17N7. The number of rotatable bonds is 4. The zero-order chi connectivity index (χ0) is 18.2. The molecule has 0 saturated heterocycles. The van der Waals surface area contributed by atoms with E-state index in [-0.39, 0.29) is 6.04 Å². The number of H-pyrrole nitrogens is 1. The van der Waals surface area contributed by atoms with Gasteiger partial charge in [0.05, 0.1) is 24.3 Å². The number of imidazole rings is 2. The second-order valence-corrected chi connectivity index (χ2v) is 6.34. The van der Waals surface area contributed by atoms with Crippen molar-refractivity contribution >= 4 is 22.8 Å². The van der Waals surface area contributed by atoms with E-state index in [2.05, 4.69) is 44.3 Å². The summed E-state index contributed by atoms with van der Waals surface area (Å²) in [6, 6.07) is 16.2. The highest BCUT2D eigenvalue weighted by Crippen LogP contribution is 2.27. The van der Waals surface area contributed by atoms with Crippen LogP contribution in [0.15, 0.2) is 67.3 Å². The number of fused-ring (bicyclic) bond motifs is 2. The Morgan fingerprint density at radius 1 is 1.00 bits per heavy atom. The second-order valence-electron chi connectivity index (χ2n) is 6.34. The quantitative estimate of drug-likeness (QED) is 0.512. The van der Waals surface area contributed by atoms with Gasteiger partial charge >= 0.3 is 0 Å². The molecular weight excluding hydrogens is 338 g/mol. The number of hydrogen-bond acceptors (Lipinski definition) is 5. The average molecular weight is 355 g/mol. The summed E-state index contributed by atoms with van der Waals surface area (Å²) in [5, 5.41) is 3.39. The molecule has 27 heavy (non-hydrogen) atoms. The van der Waals surface area contributed by atoms with Crippen LogP contribution in [0.3, 0.4) is 0 Å². The van der Waals surface area contributed by atoms with Gasteiger partial charge in [0.25, 0.3) is 0 Å². The van der Waals surface area contributed by atoms with Crippen molar-refractivity contribution in [1.82, 2.24) is 29.3 Å². The van der Waals surface area contributed by atoms with E-state index in [0.29, 0.717) is 11.6 Å². The SMILES string of the molecule is C[C@H](Nc1nc(-c2cnc3ccccn23)c2nc[nH]c2n1)c1ccccc1. The van der Waals surface area contributed by atoms with Crippen molar-refractivity contribution in [3.63, 3.8) is 0 Å². The highest BCUT2D eigenvalue weighted by molar-refractivity contribution is 5.87. The lowest BCUT2D eigenvalue weighted by molar-refractivity contribution is 0.863. The molecule has 0 spiro atoms. The average Bonchev–Trinajstić information content (AvgIpc) is 3.35. The Balaban J connectivity index is 1.62. The molecule has 1 atom stereocenters. The lowest BCUT2D eigenvalue weighted by Crippen LogP contribution is -2.10. The number of benzene rings is 1. The zero-order valence-electron chi connectivity index (χ0n) is 14.7. The Morgan fingerprint density at radius 3 is 2.74 bits per heavy atom. The maximum atomic E-state index is 4.77. The zero-order valence-corrected chi connectivity index (χ0v) is 14.7. The van der Waals surface area contributed by atoms with Crippen LogP contribution in [0.2, 0.25) is 0 Å². The summed E-state index contributed by atoms with van der Waals surface area (Å²) in [4.78, 5) is 21.3. The predicted octanol–water partition coefficient (Wildman–Crippen LogP) is 3.84. The lowest BCUT2D eigenvalue weighted by atomic mass is 10.1. The molecule has 0 amide bonds. The molecule has 0 aliphatic rings. The van der Waals surface area contributed by atoms with Crippen LogP contribution >= 0.6 is 0 Å². The van der Waals surface area contributed by atoms with Crippen molar-refractivity contribution in [3.8, 4) is 11.4 Å². The summed E-state index contributed by atoms with van der Waals surface area (Å²) in [6.07, 6.45) is 5.42. The Labute approximate surface area is 155 Å². The standard InChI is InChI=1S/C20H17N7/c1-13(14-7-3-2-4-8-14)24-20-25-17(18-19(26-20)23-12-22-18)15-11-21-16-9-5-6-10-27(15)16/h2-13H,1H3,(H2,22,23,24,25,26)/t13-/m0/s1. The minimum Gasteiger partial charge on any atom is -0.348 e. The Kier molecular flexibility index (Phi) is 3.57. The van der Waals surface area contributed by atoms with Gasteiger partial charge < -0.3 is 10.3 Å². The van der Waals surface area contributed by atoms with Crippen LogP contribution in [0.25, 0.3) is 28.2 Å². The smallest absolute Gasteiger partial charge is 0.225 e. The maximum absolute atomic E-state index is 4.77. The fraction of sp³-hybridized carbons (Fsp3) is 0.100. The minimum absolute atomic E-state index is 0.0709. The number of anilines is 1. The minimum atomic E-state index is 0.0709. The van der Waals surface area contributed by atoms with E-state index in [9.17, 15) is 0 Å². The third-order valence-corrected chi connectivity index (χ3v) is 4.58. The highest BCUT2D eigenvalue weighted by Gasteiger charge is 2.17. The summed E-state index contributed by atoms with van der Waals surface area (Å²) in [5.41, 5.74) is 5.06. The number of pyridine rings is 1. The molecule has 1 aromatic carbocycles. The van der Waals surface area contributed by atoms with Gasteiger partial charge in [-0.2, -0.15) is 4.98 Å². The third-order valence-electron chi connectivity index (χ3n) is 4.58. The van der Waals surface area contributed by atoms with Crippen LogP contribution in [0.4, 0.5) is 5.95 Å². The van der Waals surface area contributed by atoms with Gasteiger partial charge in [0, 0.05) is 6.20 Å². The van der Waals surface area contributed by atoms with E-state index in [0.717, 1.165) is 22.6 Å². The van der Waals surface area contributed by atoms with Gasteiger partial charge in [-0.15, -0.1) is 0 Å². The number of hydrogen-bond donors (Lipinski definition) is 2. The molecule has 0 saturated carbocycles. The summed E-state index contributed by atoms with van der Waals surface area (Å²) in [6.45, 7) is 2.09. The first-order chi connectivity index (χ1) is 13.3. The molecule has 5 rings (SSSR count). The molecule has 0 unspecified atom stereocenters. The summed E-state index contributed by atoms with van der Waals surface area (Å²) in [5.74, 6) is 0.545. The Bertz CT molecular complexity index is 1220. The molecule has 0 aliphatic heterocycles. The van der Waals surface area contributed by atoms with Crippen molar-refractivity contribution < 1.29 is 0 Å². The van der Waals surface area contributed by atoms with E-state index < -0.39 is 0 Å². The predicted molar refractivity (Wildman–Crippen MR) is 104 cm³/mol. The number of nitrogens with zero attached hydrogens (tertiary/aromatic N) is 5. The molecule has 4 aromatic heterocycles. The normalized spacial score (nSPS) is 12.5. The lowest BCUT2D eigenvalue weighted by Gasteiger charge is -2.15. The summed E-state index contributed by atoms with van der Waals surface area (Å²) < 4.78 is 2.00.